The first-order chi connectivity index (χ1) is 17.8. The summed E-state index contributed by atoms with van der Waals surface area (Å²) in [6, 6.07) is 17.0. The zero-order valence-electron chi connectivity index (χ0n) is 19.4. The number of para-hydroxylation sites is 2. The Hall–Kier alpha value is -2.90. The third-order valence-corrected chi connectivity index (χ3v) is 9.42. The summed E-state index contributed by atoms with van der Waals surface area (Å²) >= 11 is 19.3. The van der Waals surface area contributed by atoms with Gasteiger partial charge in [0.2, 0.25) is 5.91 Å². The SMILES string of the molecule is O=C(c1ccc(Cl)cc1Cl)[C@H]1[C@H]2CCCN2[C@@]2(C(=O)Nc3c(Cl)cccc32)[C@]12C(=O)Nc1ccccc12. The van der Waals surface area contributed by atoms with Crippen LogP contribution in [0, 0.1) is 5.92 Å². The molecule has 3 aromatic carbocycles. The monoisotopic (exact) mass is 551 g/mol. The zero-order chi connectivity index (χ0) is 25.7. The summed E-state index contributed by atoms with van der Waals surface area (Å²) in [5.41, 5.74) is -0.423. The molecule has 2 saturated heterocycles. The maximum atomic E-state index is 14.6. The maximum Gasteiger partial charge on any atom is 0.251 e. The normalized spacial score (nSPS) is 29.4. The molecule has 2 amide bonds. The minimum absolute atomic E-state index is 0.212. The number of fused-ring (bicyclic) bond motifs is 7. The summed E-state index contributed by atoms with van der Waals surface area (Å²) in [5.74, 6) is -1.90. The predicted molar refractivity (Wildman–Crippen MR) is 143 cm³/mol. The largest absolute Gasteiger partial charge is 0.325 e. The van der Waals surface area contributed by atoms with Gasteiger partial charge < -0.3 is 10.6 Å². The summed E-state index contributed by atoms with van der Waals surface area (Å²) in [7, 11) is 0. The van der Waals surface area contributed by atoms with Gasteiger partial charge in [0.1, 0.15) is 11.0 Å². The molecule has 37 heavy (non-hydrogen) atoms. The van der Waals surface area contributed by atoms with E-state index in [-0.39, 0.29) is 34.2 Å². The Labute approximate surface area is 227 Å². The van der Waals surface area contributed by atoms with Crippen molar-refractivity contribution in [2.75, 3.05) is 17.2 Å². The number of benzene rings is 3. The Balaban J connectivity index is 1.60. The lowest BCUT2D eigenvalue weighted by atomic mass is 9.57. The maximum absolute atomic E-state index is 14.6. The lowest BCUT2D eigenvalue weighted by Crippen LogP contribution is -2.62. The summed E-state index contributed by atoms with van der Waals surface area (Å²) in [6.45, 7) is 0.555. The van der Waals surface area contributed by atoms with Crippen molar-refractivity contribution in [3.63, 3.8) is 0 Å². The molecule has 4 aliphatic heterocycles. The summed E-state index contributed by atoms with van der Waals surface area (Å²) in [4.78, 5) is 45.4. The number of nitrogens with zero attached hydrogens (tertiary/aromatic N) is 1. The van der Waals surface area contributed by atoms with Gasteiger partial charge in [0.15, 0.2) is 5.78 Å². The number of anilines is 2. The van der Waals surface area contributed by atoms with Crippen molar-refractivity contribution >= 4 is 63.8 Å². The second-order valence-electron chi connectivity index (χ2n) is 10.0. The third kappa shape index (κ3) is 2.64. The molecule has 4 atom stereocenters. The van der Waals surface area contributed by atoms with Crippen molar-refractivity contribution in [3.05, 3.63) is 92.4 Å². The summed E-state index contributed by atoms with van der Waals surface area (Å²) in [5, 5.41) is 7.00. The molecule has 2 spiro atoms. The molecular formula is C28H20Cl3N3O3. The van der Waals surface area contributed by atoms with Crippen LogP contribution in [0.25, 0.3) is 0 Å². The first-order valence-corrected chi connectivity index (χ1v) is 13.2. The number of amides is 2. The van der Waals surface area contributed by atoms with Crippen LogP contribution in [0.1, 0.15) is 34.3 Å². The van der Waals surface area contributed by atoms with Gasteiger partial charge in [-0.2, -0.15) is 0 Å². The highest BCUT2D eigenvalue weighted by molar-refractivity contribution is 6.37. The minimum Gasteiger partial charge on any atom is -0.325 e. The second-order valence-corrected chi connectivity index (χ2v) is 11.3. The van der Waals surface area contributed by atoms with E-state index in [1.54, 1.807) is 24.3 Å². The molecule has 0 unspecified atom stereocenters. The van der Waals surface area contributed by atoms with Crippen molar-refractivity contribution in [1.82, 2.24) is 4.90 Å². The summed E-state index contributed by atoms with van der Waals surface area (Å²) < 4.78 is 0. The van der Waals surface area contributed by atoms with Gasteiger partial charge in [-0.3, -0.25) is 19.3 Å². The number of nitrogens with one attached hydrogen (secondary N) is 2. The van der Waals surface area contributed by atoms with Crippen LogP contribution in [0.5, 0.6) is 0 Å². The van der Waals surface area contributed by atoms with E-state index in [0.29, 0.717) is 45.5 Å². The molecular weight excluding hydrogens is 533 g/mol. The molecule has 2 N–H and O–H groups in total. The van der Waals surface area contributed by atoms with E-state index in [1.165, 1.54) is 6.07 Å². The molecule has 7 rings (SSSR count). The van der Waals surface area contributed by atoms with Crippen molar-refractivity contribution in [1.29, 1.82) is 0 Å². The fraction of sp³-hybridized carbons (Fsp3) is 0.250. The van der Waals surface area contributed by atoms with E-state index in [4.69, 9.17) is 34.8 Å². The van der Waals surface area contributed by atoms with Gasteiger partial charge in [-0.05, 0) is 55.3 Å². The summed E-state index contributed by atoms with van der Waals surface area (Å²) in [6.07, 6.45) is 1.44. The molecule has 6 nitrogen and oxygen atoms in total. The van der Waals surface area contributed by atoms with Gasteiger partial charge in [0.25, 0.3) is 5.91 Å². The molecule has 0 aliphatic carbocycles. The van der Waals surface area contributed by atoms with Crippen molar-refractivity contribution in [2.45, 2.75) is 29.8 Å². The first-order valence-electron chi connectivity index (χ1n) is 12.1. The van der Waals surface area contributed by atoms with E-state index in [0.717, 1.165) is 6.42 Å². The number of hydrogen-bond donors (Lipinski definition) is 2. The second kappa shape index (κ2) is 7.81. The highest BCUT2D eigenvalue weighted by Gasteiger charge is 2.81. The van der Waals surface area contributed by atoms with E-state index < -0.39 is 16.9 Å². The molecule has 0 radical (unpaired) electrons. The number of carbonyl (C=O) groups excluding carboxylic acids is 3. The van der Waals surface area contributed by atoms with Crippen LogP contribution in [0.3, 0.4) is 0 Å². The molecule has 4 aliphatic rings. The number of ketones is 1. The van der Waals surface area contributed by atoms with Gasteiger partial charge in [0, 0.05) is 27.9 Å². The number of rotatable bonds is 2. The van der Waals surface area contributed by atoms with Crippen molar-refractivity contribution < 1.29 is 14.4 Å². The molecule has 0 aromatic heterocycles. The average molecular weight is 553 g/mol. The highest BCUT2D eigenvalue weighted by Crippen LogP contribution is 2.68. The van der Waals surface area contributed by atoms with Crippen LogP contribution in [0.15, 0.2) is 60.7 Å². The van der Waals surface area contributed by atoms with E-state index in [1.807, 2.05) is 30.3 Å². The number of Topliss-reactive ketones (excluding diaryl/α,β-unsaturated/α-hetero) is 1. The van der Waals surface area contributed by atoms with Crippen molar-refractivity contribution in [2.24, 2.45) is 5.92 Å². The quantitative estimate of drug-likeness (QED) is 0.402. The Bertz CT molecular complexity index is 1560. The van der Waals surface area contributed by atoms with Gasteiger partial charge in [-0.15, -0.1) is 0 Å². The van der Waals surface area contributed by atoms with E-state index in [2.05, 4.69) is 15.5 Å². The Morgan fingerprint density at radius 2 is 1.68 bits per heavy atom. The van der Waals surface area contributed by atoms with Crippen LogP contribution in [0.2, 0.25) is 15.1 Å². The Morgan fingerprint density at radius 3 is 2.49 bits per heavy atom. The fourth-order valence-electron chi connectivity index (χ4n) is 7.43. The molecule has 0 saturated carbocycles. The molecule has 9 heteroatoms. The molecule has 4 heterocycles. The standard InChI is InChI=1S/C28H20Cl3N3O3/c29-14-10-11-15(19(31)13-14)24(35)22-21-9-4-12-34(21)28(17-6-3-7-18(30)23(17)33-26(28)37)27(22)16-5-1-2-8-20(16)32-25(27)36/h1-3,5-8,10-11,13,21-22H,4,9,12H2,(H,32,36)(H,33,37)/t21-,22-,27+,28+/m1/s1. The van der Waals surface area contributed by atoms with Crippen LogP contribution in [0.4, 0.5) is 11.4 Å². The first kappa shape index (κ1) is 23.2. The smallest absolute Gasteiger partial charge is 0.251 e. The van der Waals surface area contributed by atoms with E-state index >= 15 is 0 Å². The van der Waals surface area contributed by atoms with Crippen LogP contribution < -0.4 is 10.6 Å². The van der Waals surface area contributed by atoms with Gasteiger partial charge >= 0.3 is 0 Å². The lowest BCUT2D eigenvalue weighted by molar-refractivity contribution is -0.137. The predicted octanol–water partition coefficient (Wildman–Crippen LogP) is 5.66. The van der Waals surface area contributed by atoms with Crippen LogP contribution in [-0.4, -0.2) is 35.1 Å². The topological polar surface area (TPSA) is 78.5 Å². The van der Waals surface area contributed by atoms with Gasteiger partial charge in [-0.25, -0.2) is 0 Å². The molecule has 3 aromatic rings. The lowest BCUT2D eigenvalue weighted by Gasteiger charge is -2.43. The molecule has 2 fully saturated rings. The fourth-order valence-corrected chi connectivity index (χ4v) is 8.15. The minimum atomic E-state index is -1.55. The zero-order valence-corrected chi connectivity index (χ0v) is 21.6. The van der Waals surface area contributed by atoms with Gasteiger partial charge in [0.05, 0.1) is 21.7 Å². The Kier molecular flexibility index (Phi) is 4.90. The third-order valence-electron chi connectivity index (χ3n) is 8.56. The highest BCUT2D eigenvalue weighted by atomic mass is 35.5. The number of carbonyl (C=O) groups is 3. The molecule has 0 bridgehead atoms. The van der Waals surface area contributed by atoms with Crippen LogP contribution >= 0.6 is 34.8 Å². The van der Waals surface area contributed by atoms with Gasteiger partial charge in [-0.1, -0.05) is 65.1 Å². The molecule has 186 valence electrons. The average Bonchev–Trinajstić information content (AvgIpc) is 3.58. The number of halogens is 3. The van der Waals surface area contributed by atoms with Crippen molar-refractivity contribution in [3.8, 4) is 0 Å². The Morgan fingerprint density at radius 1 is 0.892 bits per heavy atom. The van der Waals surface area contributed by atoms with Crippen LogP contribution in [-0.2, 0) is 20.5 Å². The number of hydrogen-bond acceptors (Lipinski definition) is 4. The van der Waals surface area contributed by atoms with E-state index in [9.17, 15) is 14.4 Å².